The van der Waals surface area contributed by atoms with Crippen LogP contribution in [0.15, 0.2) is 52.4 Å². The van der Waals surface area contributed by atoms with Crippen molar-refractivity contribution >= 4 is 35.1 Å². The van der Waals surface area contributed by atoms with Gasteiger partial charge in [-0.15, -0.1) is 0 Å². The molecule has 0 aliphatic carbocycles. The summed E-state index contributed by atoms with van der Waals surface area (Å²) < 4.78 is 18.4. The maximum Gasteiger partial charge on any atom is 0.491 e. The molecule has 0 atom stereocenters. The van der Waals surface area contributed by atoms with E-state index in [1.807, 2.05) is 64.1 Å². The third-order valence-electron chi connectivity index (χ3n) is 5.57. The van der Waals surface area contributed by atoms with Crippen molar-refractivity contribution in [1.29, 1.82) is 0 Å². The van der Waals surface area contributed by atoms with Crippen LogP contribution in [-0.4, -0.2) is 24.9 Å². The van der Waals surface area contributed by atoms with Crippen LogP contribution in [0.1, 0.15) is 33.3 Å². The predicted molar refractivity (Wildman–Crippen MR) is 107 cm³/mol. The summed E-state index contributed by atoms with van der Waals surface area (Å²) in [4.78, 5) is 0. The maximum atomic E-state index is 6.16. The lowest BCUT2D eigenvalue weighted by molar-refractivity contribution is 0.00578. The number of hydrogen-bond donors (Lipinski definition) is 1. The molecule has 2 N–H and O–H groups in total. The molecule has 1 aliphatic heterocycles. The van der Waals surface area contributed by atoms with Crippen LogP contribution in [0.2, 0.25) is 0 Å². The molecule has 1 fully saturated rings. The Morgan fingerprint density at radius 2 is 1.62 bits per heavy atom. The van der Waals surface area contributed by atoms with Gasteiger partial charge in [-0.2, -0.15) is 0 Å². The molecule has 5 heteroatoms. The number of hydrogen-bond acceptors (Lipinski definition) is 4. The average Bonchev–Trinajstić information content (AvgIpc) is 3.07. The number of fused-ring (bicyclic) bond motifs is 3. The molecule has 0 bridgehead atoms. The van der Waals surface area contributed by atoms with E-state index in [1.165, 1.54) is 0 Å². The molecule has 2 aromatic carbocycles. The number of nitrogens with two attached hydrogens (primary N) is 1. The van der Waals surface area contributed by atoms with Crippen molar-refractivity contribution in [3.63, 3.8) is 0 Å². The Balaban J connectivity index is 1.79. The molecule has 0 spiro atoms. The van der Waals surface area contributed by atoms with Gasteiger partial charge in [-0.1, -0.05) is 42.5 Å². The van der Waals surface area contributed by atoms with Crippen LogP contribution in [-0.2, 0) is 9.31 Å². The minimum Gasteiger partial charge on any atom is -0.455 e. The average molecular weight is 349 g/mol. The van der Waals surface area contributed by atoms with Crippen molar-refractivity contribution < 1.29 is 13.7 Å². The lowest BCUT2D eigenvalue weighted by atomic mass is 9.77. The van der Waals surface area contributed by atoms with Gasteiger partial charge in [0.1, 0.15) is 11.2 Å². The summed E-state index contributed by atoms with van der Waals surface area (Å²) in [7, 11) is -0.454. The van der Waals surface area contributed by atoms with Gasteiger partial charge < -0.3 is 19.5 Å². The summed E-state index contributed by atoms with van der Waals surface area (Å²) >= 11 is 0. The molecule has 1 aromatic heterocycles. The molecule has 1 aliphatic rings. The van der Waals surface area contributed by atoms with Gasteiger partial charge >= 0.3 is 7.12 Å². The van der Waals surface area contributed by atoms with Crippen molar-refractivity contribution in [2.75, 3.05) is 6.54 Å². The fraction of sp³-hybridized carbons (Fsp3) is 0.333. The Bertz CT molecular complexity index is 987. The molecule has 0 amide bonds. The molecule has 4 nitrogen and oxygen atoms in total. The van der Waals surface area contributed by atoms with Crippen LogP contribution in [0.4, 0.5) is 0 Å². The Morgan fingerprint density at radius 1 is 0.962 bits per heavy atom. The highest BCUT2D eigenvalue weighted by Crippen LogP contribution is 2.39. The van der Waals surface area contributed by atoms with Gasteiger partial charge in [0, 0.05) is 22.9 Å². The summed E-state index contributed by atoms with van der Waals surface area (Å²) in [6.45, 7) is 8.53. The van der Waals surface area contributed by atoms with E-state index in [2.05, 4.69) is 12.1 Å². The molecule has 26 heavy (non-hydrogen) atoms. The summed E-state index contributed by atoms with van der Waals surface area (Å²) in [6, 6.07) is 14.2. The zero-order valence-corrected chi connectivity index (χ0v) is 15.7. The second kappa shape index (κ2) is 5.98. The Hall–Kier alpha value is -2.08. The number of benzene rings is 2. The number of furan rings is 1. The molecular formula is C21H24BNO3. The van der Waals surface area contributed by atoms with Crippen molar-refractivity contribution in [3.05, 3.63) is 53.5 Å². The standard InChI is InChI=1S/C21H24BNO3/c1-20(2)21(3,4)26-22(25-20)15(13-23)12-14-8-7-10-17-16-9-5-6-11-18(16)24-19(14)17/h5-12H,13,23H2,1-4H3. The van der Waals surface area contributed by atoms with Gasteiger partial charge in [-0.25, -0.2) is 0 Å². The van der Waals surface area contributed by atoms with E-state index in [0.717, 1.165) is 33.0 Å². The normalized spacial score (nSPS) is 19.6. The van der Waals surface area contributed by atoms with E-state index in [1.54, 1.807) is 0 Å². The third-order valence-corrected chi connectivity index (χ3v) is 5.57. The quantitative estimate of drug-likeness (QED) is 0.705. The van der Waals surface area contributed by atoms with Gasteiger partial charge in [0.05, 0.1) is 11.2 Å². The van der Waals surface area contributed by atoms with Gasteiger partial charge in [0.2, 0.25) is 0 Å². The lowest BCUT2D eigenvalue weighted by Crippen LogP contribution is -2.41. The van der Waals surface area contributed by atoms with Crippen LogP contribution in [0.3, 0.4) is 0 Å². The monoisotopic (exact) mass is 349 g/mol. The summed E-state index contributed by atoms with van der Waals surface area (Å²) in [5.41, 5.74) is 8.88. The first-order chi connectivity index (χ1) is 12.3. The predicted octanol–water partition coefficient (Wildman–Crippen LogP) is 4.56. The molecule has 0 saturated carbocycles. The van der Waals surface area contributed by atoms with Gasteiger partial charge in [0.25, 0.3) is 0 Å². The first-order valence-corrected chi connectivity index (χ1v) is 8.99. The SMILES string of the molecule is CC1(C)OB(C(=Cc2cccc3c2oc2ccccc23)CN)OC1(C)C. The first-order valence-electron chi connectivity index (χ1n) is 8.99. The highest BCUT2D eigenvalue weighted by atomic mass is 16.7. The number of para-hydroxylation sites is 2. The molecular weight excluding hydrogens is 325 g/mol. The highest BCUT2D eigenvalue weighted by molar-refractivity contribution is 6.56. The van der Waals surface area contributed by atoms with Gasteiger partial charge in [-0.3, -0.25) is 0 Å². The summed E-state index contributed by atoms with van der Waals surface area (Å²) in [5, 5.41) is 2.21. The third kappa shape index (κ3) is 2.67. The zero-order chi connectivity index (χ0) is 18.5. The molecule has 1 saturated heterocycles. The van der Waals surface area contributed by atoms with Crippen LogP contribution >= 0.6 is 0 Å². The Labute approximate surface area is 154 Å². The Kier molecular flexibility index (Phi) is 3.99. The van der Waals surface area contributed by atoms with E-state index in [4.69, 9.17) is 19.5 Å². The van der Waals surface area contributed by atoms with E-state index < -0.39 is 18.3 Å². The van der Waals surface area contributed by atoms with E-state index in [9.17, 15) is 0 Å². The first kappa shape index (κ1) is 17.3. The lowest BCUT2D eigenvalue weighted by Gasteiger charge is -2.32. The molecule has 4 rings (SSSR count). The van der Waals surface area contributed by atoms with Crippen LogP contribution in [0.25, 0.3) is 28.0 Å². The van der Waals surface area contributed by atoms with Gasteiger partial charge in [-0.05, 0) is 39.2 Å². The van der Waals surface area contributed by atoms with Gasteiger partial charge in [0.15, 0.2) is 0 Å². The van der Waals surface area contributed by atoms with Crippen LogP contribution < -0.4 is 5.73 Å². The zero-order valence-electron chi connectivity index (χ0n) is 15.7. The van der Waals surface area contributed by atoms with E-state index >= 15 is 0 Å². The maximum absolute atomic E-state index is 6.16. The van der Waals surface area contributed by atoms with Crippen molar-refractivity contribution in [1.82, 2.24) is 0 Å². The minimum atomic E-state index is -0.454. The minimum absolute atomic E-state index is 0.355. The van der Waals surface area contributed by atoms with E-state index in [0.29, 0.717) is 6.54 Å². The molecule has 134 valence electrons. The summed E-state index contributed by atoms with van der Waals surface area (Å²) in [5.74, 6) is 0. The summed E-state index contributed by atoms with van der Waals surface area (Å²) in [6.07, 6.45) is 2.03. The second-order valence-corrected chi connectivity index (χ2v) is 7.83. The number of rotatable bonds is 3. The fourth-order valence-electron chi connectivity index (χ4n) is 3.30. The highest BCUT2D eigenvalue weighted by Gasteiger charge is 2.52. The van der Waals surface area contributed by atoms with Crippen molar-refractivity contribution in [3.8, 4) is 0 Å². The van der Waals surface area contributed by atoms with Crippen LogP contribution in [0, 0.1) is 0 Å². The molecule has 2 heterocycles. The molecule has 0 unspecified atom stereocenters. The largest absolute Gasteiger partial charge is 0.491 e. The fourth-order valence-corrected chi connectivity index (χ4v) is 3.30. The Morgan fingerprint density at radius 3 is 2.31 bits per heavy atom. The second-order valence-electron chi connectivity index (χ2n) is 7.83. The molecule has 3 aromatic rings. The van der Waals surface area contributed by atoms with Crippen molar-refractivity contribution in [2.45, 2.75) is 38.9 Å². The van der Waals surface area contributed by atoms with E-state index in [-0.39, 0.29) is 0 Å². The van der Waals surface area contributed by atoms with Crippen LogP contribution in [0.5, 0.6) is 0 Å². The molecule has 0 radical (unpaired) electrons. The topological polar surface area (TPSA) is 57.6 Å². The smallest absolute Gasteiger partial charge is 0.455 e. The van der Waals surface area contributed by atoms with Crippen molar-refractivity contribution in [2.24, 2.45) is 5.73 Å².